The third kappa shape index (κ3) is 2.00. The molecule has 132 valence electrons. The van der Waals surface area contributed by atoms with Gasteiger partial charge < -0.3 is 10.2 Å². The standard InChI is InChI=1S/C21H36O2/c1-19(2)16-7-5-13-14-6-8-18(23)21(14,4)11-9-15(13)20(16,3)12-10-17(19)22/h13-18,22-23H,5-12H2,1-4H3/t13-,14-,15-,16?,17-,18-,20+,21-/m0/s1. The van der Waals surface area contributed by atoms with E-state index >= 15 is 0 Å². The monoisotopic (exact) mass is 320 g/mol. The Balaban J connectivity index is 1.67. The van der Waals surface area contributed by atoms with Gasteiger partial charge in [-0.05, 0) is 91.3 Å². The van der Waals surface area contributed by atoms with E-state index in [1.54, 1.807) is 0 Å². The Morgan fingerprint density at radius 2 is 1.30 bits per heavy atom. The number of aliphatic hydroxyl groups excluding tert-OH is 2. The van der Waals surface area contributed by atoms with Crippen LogP contribution in [0.3, 0.4) is 0 Å². The summed E-state index contributed by atoms with van der Waals surface area (Å²) >= 11 is 0. The largest absolute Gasteiger partial charge is 0.393 e. The Bertz CT molecular complexity index is 486. The van der Waals surface area contributed by atoms with Crippen LogP contribution in [0.1, 0.15) is 79.1 Å². The Hall–Kier alpha value is -0.0800. The molecule has 0 saturated heterocycles. The average Bonchev–Trinajstić information content (AvgIpc) is 2.79. The van der Waals surface area contributed by atoms with Crippen molar-refractivity contribution in [3.63, 3.8) is 0 Å². The molecule has 0 bridgehead atoms. The second-order valence-corrected chi connectivity index (χ2v) is 10.5. The van der Waals surface area contributed by atoms with Gasteiger partial charge in [-0.15, -0.1) is 0 Å². The van der Waals surface area contributed by atoms with Crippen LogP contribution < -0.4 is 0 Å². The van der Waals surface area contributed by atoms with Crippen molar-refractivity contribution in [3.05, 3.63) is 0 Å². The molecule has 2 N–H and O–H groups in total. The first-order chi connectivity index (χ1) is 10.7. The van der Waals surface area contributed by atoms with Crippen LogP contribution in [0, 0.1) is 39.9 Å². The highest BCUT2D eigenvalue weighted by atomic mass is 16.3. The second kappa shape index (κ2) is 4.97. The highest BCUT2D eigenvalue weighted by Gasteiger charge is 2.62. The summed E-state index contributed by atoms with van der Waals surface area (Å²) in [5, 5.41) is 21.1. The van der Waals surface area contributed by atoms with E-state index in [1.165, 1.54) is 38.5 Å². The summed E-state index contributed by atoms with van der Waals surface area (Å²) in [4.78, 5) is 0. The minimum Gasteiger partial charge on any atom is -0.393 e. The summed E-state index contributed by atoms with van der Waals surface area (Å²) in [7, 11) is 0. The van der Waals surface area contributed by atoms with Crippen LogP contribution in [-0.2, 0) is 0 Å². The molecular formula is C21H36O2. The summed E-state index contributed by atoms with van der Waals surface area (Å²) in [5.74, 6) is 3.04. The molecule has 4 aliphatic rings. The molecule has 0 spiro atoms. The quantitative estimate of drug-likeness (QED) is 0.695. The normalized spacial score (nSPS) is 58.2. The molecule has 1 unspecified atom stereocenters. The fourth-order valence-corrected chi connectivity index (χ4v) is 8.06. The number of hydrogen-bond acceptors (Lipinski definition) is 2. The molecular weight excluding hydrogens is 284 g/mol. The van der Waals surface area contributed by atoms with Gasteiger partial charge in [0.2, 0.25) is 0 Å². The van der Waals surface area contributed by atoms with Gasteiger partial charge in [-0.1, -0.05) is 27.7 Å². The van der Waals surface area contributed by atoms with Crippen molar-refractivity contribution >= 4 is 0 Å². The minimum atomic E-state index is -0.126. The number of hydrogen-bond donors (Lipinski definition) is 2. The number of fused-ring (bicyclic) bond motifs is 5. The Morgan fingerprint density at radius 1 is 0.652 bits per heavy atom. The zero-order chi connectivity index (χ0) is 16.6. The van der Waals surface area contributed by atoms with Crippen molar-refractivity contribution in [2.45, 2.75) is 91.3 Å². The molecule has 0 aliphatic heterocycles. The van der Waals surface area contributed by atoms with Gasteiger partial charge in [-0.2, -0.15) is 0 Å². The van der Waals surface area contributed by atoms with E-state index in [-0.39, 0.29) is 23.0 Å². The van der Waals surface area contributed by atoms with Crippen LogP contribution >= 0.6 is 0 Å². The van der Waals surface area contributed by atoms with Gasteiger partial charge in [0.25, 0.3) is 0 Å². The highest BCUT2D eigenvalue weighted by Crippen LogP contribution is 2.68. The topological polar surface area (TPSA) is 40.5 Å². The van der Waals surface area contributed by atoms with Gasteiger partial charge in [-0.25, -0.2) is 0 Å². The van der Waals surface area contributed by atoms with Gasteiger partial charge in [-0.3, -0.25) is 0 Å². The van der Waals surface area contributed by atoms with E-state index < -0.39 is 0 Å². The number of aliphatic hydroxyl groups is 2. The van der Waals surface area contributed by atoms with Crippen LogP contribution in [-0.4, -0.2) is 22.4 Å². The molecule has 0 aromatic carbocycles. The highest BCUT2D eigenvalue weighted by molar-refractivity contribution is 5.12. The van der Waals surface area contributed by atoms with E-state index in [0.29, 0.717) is 11.3 Å². The Labute approximate surface area is 142 Å². The van der Waals surface area contributed by atoms with Crippen LogP contribution in [0.25, 0.3) is 0 Å². The van der Waals surface area contributed by atoms with Crippen molar-refractivity contribution in [2.24, 2.45) is 39.9 Å². The molecule has 4 saturated carbocycles. The van der Waals surface area contributed by atoms with Gasteiger partial charge in [0.05, 0.1) is 12.2 Å². The van der Waals surface area contributed by atoms with Crippen LogP contribution in [0.2, 0.25) is 0 Å². The Morgan fingerprint density at radius 3 is 2.04 bits per heavy atom. The fourth-order valence-electron chi connectivity index (χ4n) is 8.06. The SMILES string of the molecule is CC1(C)C2CC[C@H]3[C@@H]4CC[C@H](O)[C@@]4(C)CC[C@@H]3[C@@]2(C)CC[C@@H]1O. The van der Waals surface area contributed by atoms with Crippen molar-refractivity contribution in [3.8, 4) is 0 Å². The van der Waals surface area contributed by atoms with Crippen molar-refractivity contribution in [1.82, 2.24) is 0 Å². The van der Waals surface area contributed by atoms with Crippen LogP contribution in [0.5, 0.6) is 0 Å². The van der Waals surface area contributed by atoms with Gasteiger partial charge >= 0.3 is 0 Å². The molecule has 0 amide bonds. The first-order valence-corrected chi connectivity index (χ1v) is 10.1. The molecule has 0 heterocycles. The van der Waals surface area contributed by atoms with Gasteiger partial charge in [0.1, 0.15) is 0 Å². The maximum Gasteiger partial charge on any atom is 0.0596 e. The molecule has 8 atom stereocenters. The minimum absolute atomic E-state index is 0.0634. The molecule has 4 fully saturated rings. The maximum absolute atomic E-state index is 10.6. The lowest BCUT2D eigenvalue weighted by atomic mass is 9.41. The van der Waals surface area contributed by atoms with Crippen molar-refractivity contribution in [2.75, 3.05) is 0 Å². The predicted octanol–water partition coefficient (Wildman–Crippen LogP) is 4.39. The smallest absolute Gasteiger partial charge is 0.0596 e. The molecule has 2 nitrogen and oxygen atoms in total. The van der Waals surface area contributed by atoms with Gasteiger partial charge in [0.15, 0.2) is 0 Å². The molecule has 0 radical (unpaired) electrons. The second-order valence-electron chi connectivity index (χ2n) is 10.5. The molecule has 2 heteroatoms. The average molecular weight is 321 g/mol. The van der Waals surface area contributed by atoms with Crippen molar-refractivity contribution in [1.29, 1.82) is 0 Å². The summed E-state index contributed by atoms with van der Waals surface area (Å²) in [6, 6.07) is 0. The summed E-state index contributed by atoms with van der Waals surface area (Å²) in [6.45, 7) is 9.55. The van der Waals surface area contributed by atoms with E-state index in [0.717, 1.165) is 30.6 Å². The Kier molecular flexibility index (Phi) is 3.54. The first-order valence-electron chi connectivity index (χ1n) is 10.1. The first kappa shape index (κ1) is 16.4. The lowest BCUT2D eigenvalue weighted by Gasteiger charge is -2.64. The van der Waals surface area contributed by atoms with E-state index in [2.05, 4.69) is 27.7 Å². The fraction of sp³-hybridized carbons (Fsp3) is 1.00. The predicted molar refractivity (Wildman–Crippen MR) is 92.9 cm³/mol. The van der Waals surface area contributed by atoms with Gasteiger partial charge in [0, 0.05) is 0 Å². The van der Waals surface area contributed by atoms with Crippen molar-refractivity contribution < 1.29 is 10.2 Å². The molecule has 23 heavy (non-hydrogen) atoms. The lowest BCUT2D eigenvalue weighted by Crippen LogP contribution is -2.59. The zero-order valence-electron chi connectivity index (χ0n) is 15.5. The maximum atomic E-state index is 10.6. The molecule has 4 rings (SSSR count). The van der Waals surface area contributed by atoms with Crippen LogP contribution in [0.15, 0.2) is 0 Å². The number of rotatable bonds is 0. The third-order valence-electron chi connectivity index (χ3n) is 9.53. The van der Waals surface area contributed by atoms with E-state index in [1.807, 2.05) is 0 Å². The molecule has 0 aromatic rings. The summed E-state index contributed by atoms with van der Waals surface area (Å²) < 4.78 is 0. The zero-order valence-corrected chi connectivity index (χ0v) is 15.5. The molecule has 4 aliphatic carbocycles. The van der Waals surface area contributed by atoms with E-state index in [9.17, 15) is 10.2 Å². The summed E-state index contributed by atoms with van der Waals surface area (Å²) in [6.07, 6.45) is 9.38. The third-order valence-corrected chi connectivity index (χ3v) is 9.53. The lowest BCUT2D eigenvalue weighted by molar-refractivity contribution is -0.180. The van der Waals surface area contributed by atoms with Crippen LogP contribution in [0.4, 0.5) is 0 Å². The van der Waals surface area contributed by atoms with E-state index in [4.69, 9.17) is 0 Å². The summed E-state index contributed by atoms with van der Waals surface area (Å²) in [5.41, 5.74) is 0.655. The molecule has 0 aromatic heterocycles.